The van der Waals surface area contributed by atoms with Gasteiger partial charge in [-0.05, 0) is 26.2 Å². The number of carbonyl (C=O) groups is 1. The standard InChI is InChI=1S/C26H34N10O/c1-7-19(26(37)35-10-9-20-18(13-35)21(15(3)4)33-34(20)6)31-23-22-25(30-14-29-23)36(8-2)24(32-22)17-11-27-16(5)28-12-17/h11-12,14-15,19H,7-10,13H2,1-6H3,(H,29,30,31)/t19-/m1/s1. The van der Waals surface area contributed by atoms with Crippen molar-refractivity contribution in [2.45, 2.75) is 72.5 Å². The number of aromatic nitrogens is 8. The maximum Gasteiger partial charge on any atom is 0.245 e. The third-order valence-corrected chi connectivity index (χ3v) is 7.04. The minimum atomic E-state index is -0.434. The summed E-state index contributed by atoms with van der Waals surface area (Å²) in [5.74, 6) is 2.34. The molecule has 0 fully saturated rings. The van der Waals surface area contributed by atoms with Crippen molar-refractivity contribution in [2.75, 3.05) is 11.9 Å². The van der Waals surface area contributed by atoms with Crippen LogP contribution in [0.3, 0.4) is 0 Å². The third kappa shape index (κ3) is 4.42. The Hall–Kier alpha value is -3.89. The fourth-order valence-corrected chi connectivity index (χ4v) is 5.07. The molecule has 0 saturated carbocycles. The van der Waals surface area contributed by atoms with E-state index in [9.17, 15) is 4.79 Å². The molecular formula is C26H34N10O. The molecule has 0 unspecified atom stereocenters. The minimum Gasteiger partial charge on any atom is -0.356 e. The highest BCUT2D eigenvalue weighted by atomic mass is 16.2. The van der Waals surface area contributed by atoms with Gasteiger partial charge in [0.25, 0.3) is 0 Å². The Labute approximate surface area is 216 Å². The number of imidazole rings is 1. The number of amides is 1. The van der Waals surface area contributed by atoms with Crippen molar-refractivity contribution in [3.05, 3.63) is 41.5 Å². The molecule has 4 aromatic heterocycles. The van der Waals surface area contributed by atoms with Gasteiger partial charge in [-0.25, -0.2) is 24.9 Å². The van der Waals surface area contributed by atoms with E-state index in [1.54, 1.807) is 12.4 Å². The monoisotopic (exact) mass is 502 g/mol. The quantitative estimate of drug-likeness (QED) is 0.409. The molecule has 1 aliphatic heterocycles. The van der Waals surface area contributed by atoms with E-state index < -0.39 is 6.04 Å². The highest BCUT2D eigenvalue weighted by Gasteiger charge is 2.31. The number of nitrogens with zero attached hydrogens (tertiary/aromatic N) is 9. The van der Waals surface area contributed by atoms with Crippen LogP contribution in [0.4, 0.5) is 5.82 Å². The van der Waals surface area contributed by atoms with Crippen molar-refractivity contribution >= 4 is 22.9 Å². The second-order valence-corrected chi connectivity index (χ2v) is 9.80. The summed E-state index contributed by atoms with van der Waals surface area (Å²) in [6.45, 7) is 12.1. The SMILES string of the molecule is CC[C@@H](Nc1ncnc2c1nc(-c1cnc(C)nc1)n2CC)C(=O)N1CCc2c(c(C(C)C)nn2C)C1. The van der Waals surface area contributed by atoms with Crippen LogP contribution in [-0.4, -0.2) is 62.7 Å². The lowest BCUT2D eigenvalue weighted by molar-refractivity contribution is -0.133. The van der Waals surface area contributed by atoms with Gasteiger partial charge in [-0.15, -0.1) is 0 Å². The molecule has 1 aliphatic rings. The van der Waals surface area contributed by atoms with E-state index >= 15 is 0 Å². The van der Waals surface area contributed by atoms with E-state index in [2.05, 4.69) is 39.1 Å². The summed E-state index contributed by atoms with van der Waals surface area (Å²) < 4.78 is 3.99. The number of hydrogen-bond donors (Lipinski definition) is 1. The Balaban J connectivity index is 1.44. The molecule has 1 N–H and O–H groups in total. The lowest BCUT2D eigenvalue weighted by Gasteiger charge is -2.31. The summed E-state index contributed by atoms with van der Waals surface area (Å²) in [6.07, 6.45) is 6.47. The Kier molecular flexibility index (Phi) is 6.61. The molecule has 0 bridgehead atoms. The summed E-state index contributed by atoms with van der Waals surface area (Å²) in [5, 5.41) is 8.12. The molecule has 194 valence electrons. The van der Waals surface area contributed by atoms with Gasteiger partial charge in [0.05, 0.1) is 11.3 Å². The van der Waals surface area contributed by atoms with E-state index in [0.29, 0.717) is 54.8 Å². The molecule has 11 heteroatoms. The smallest absolute Gasteiger partial charge is 0.245 e. The van der Waals surface area contributed by atoms with Crippen LogP contribution >= 0.6 is 0 Å². The van der Waals surface area contributed by atoms with E-state index in [1.165, 1.54) is 17.6 Å². The van der Waals surface area contributed by atoms with Gasteiger partial charge in [0, 0.05) is 56.8 Å². The van der Waals surface area contributed by atoms with Gasteiger partial charge in [0.15, 0.2) is 17.0 Å². The molecule has 5 rings (SSSR count). The molecule has 1 amide bonds. The van der Waals surface area contributed by atoms with E-state index in [0.717, 1.165) is 23.5 Å². The molecular weight excluding hydrogens is 468 g/mol. The largest absolute Gasteiger partial charge is 0.356 e. The first-order chi connectivity index (χ1) is 17.8. The number of rotatable bonds is 7. The number of fused-ring (bicyclic) bond motifs is 2. The summed E-state index contributed by atoms with van der Waals surface area (Å²) in [4.78, 5) is 38.1. The molecule has 0 aromatic carbocycles. The molecule has 11 nitrogen and oxygen atoms in total. The fourth-order valence-electron chi connectivity index (χ4n) is 5.07. The summed E-state index contributed by atoms with van der Waals surface area (Å²) in [6, 6.07) is -0.434. The van der Waals surface area contributed by atoms with Gasteiger partial charge in [0.2, 0.25) is 5.91 Å². The zero-order valence-electron chi connectivity index (χ0n) is 22.4. The van der Waals surface area contributed by atoms with Crippen molar-refractivity contribution in [1.29, 1.82) is 0 Å². The minimum absolute atomic E-state index is 0.0561. The average molecular weight is 503 g/mol. The number of anilines is 1. The zero-order chi connectivity index (χ0) is 26.3. The van der Waals surface area contributed by atoms with Crippen molar-refractivity contribution in [3.8, 4) is 11.4 Å². The highest BCUT2D eigenvalue weighted by molar-refractivity contribution is 5.90. The first-order valence-corrected chi connectivity index (χ1v) is 12.9. The molecule has 0 spiro atoms. The Morgan fingerprint density at radius 3 is 2.57 bits per heavy atom. The normalized spacial score (nSPS) is 14.3. The summed E-state index contributed by atoms with van der Waals surface area (Å²) in [5.41, 5.74) is 5.62. The van der Waals surface area contributed by atoms with Crippen LogP contribution in [0.2, 0.25) is 0 Å². The van der Waals surface area contributed by atoms with E-state index in [-0.39, 0.29) is 5.91 Å². The lowest BCUT2D eigenvalue weighted by atomic mass is 9.98. The van der Waals surface area contributed by atoms with Crippen molar-refractivity contribution < 1.29 is 4.79 Å². The van der Waals surface area contributed by atoms with Crippen LogP contribution in [0.25, 0.3) is 22.6 Å². The van der Waals surface area contributed by atoms with Crippen molar-refractivity contribution in [1.82, 2.24) is 44.2 Å². The van der Waals surface area contributed by atoms with Gasteiger partial charge in [-0.1, -0.05) is 20.8 Å². The third-order valence-electron chi connectivity index (χ3n) is 7.04. The van der Waals surface area contributed by atoms with Crippen LogP contribution in [0, 0.1) is 6.92 Å². The van der Waals surface area contributed by atoms with Crippen LogP contribution in [0.1, 0.15) is 62.8 Å². The summed E-state index contributed by atoms with van der Waals surface area (Å²) >= 11 is 0. The summed E-state index contributed by atoms with van der Waals surface area (Å²) in [7, 11) is 1.99. The maximum atomic E-state index is 13.7. The molecule has 37 heavy (non-hydrogen) atoms. The predicted octanol–water partition coefficient (Wildman–Crippen LogP) is 3.24. The average Bonchev–Trinajstić information content (AvgIpc) is 3.45. The van der Waals surface area contributed by atoms with Crippen LogP contribution in [-0.2, 0) is 31.4 Å². The van der Waals surface area contributed by atoms with Gasteiger partial charge >= 0.3 is 0 Å². The molecule has 0 aliphatic carbocycles. The molecule has 0 radical (unpaired) electrons. The van der Waals surface area contributed by atoms with Crippen molar-refractivity contribution in [3.63, 3.8) is 0 Å². The van der Waals surface area contributed by atoms with E-state index in [1.807, 2.05) is 42.0 Å². The highest BCUT2D eigenvalue weighted by Crippen LogP contribution is 2.29. The van der Waals surface area contributed by atoms with Gasteiger partial charge in [0.1, 0.15) is 24.0 Å². The Morgan fingerprint density at radius 1 is 1.14 bits per heavy atom. The van der Waals surface area contributed by atoms with Gasteiger partial charge in [-0.2, -0.15) is 5.10 Å². The molecule has 4 aromatic rings. The predicted molar refractivity (Wildman–Crippen MR) is 141 cm³/mol. The van der Waals surface area contributed by atoms with Crippen LogP contribution in [0.15, 0.2) is 18.7 Å². The topological polar surface area (TPSA) is 120 Å². The maximum absolute atomic E-state index is 13.7. The Morgan fingerprint density at radius 2 is 1.89 bits per heavy atom. The van der Waals surface area contributed by atoms with Gasteiger partial charge in [-0.3, -0.25) is 9.48 Å². The lowest BCUT2D eigenvalue weighted by Crippen LogP contribution is -2.45. The fraction of sp³-hybridized carbons (Fsp3) is 0.500. The number of carbonyl (C=O) groups excluding carboxylic acids is 1. The van der Waals surface area contributed by atoms with Gasteiger partial charge < -0.3 is 14.8 Å². The first kappa shape index (κ1) is 24.8. The van der Waals surface area contributed by atoms with Crippen LogP contribution < -0.4 is 5.32 Å². The molecule has 0 saturated heterocycles. The number of nitrogens with one attached hydrogen (secondary N) is 1. The zero-order valence-corrected chi connectivity index (χ0v) is 22.4. The second-order valence-electron chi connectivity index (χ2n) is 9.80. The second kappa shape index (κ2) is 9.87. The number of aryl methyl sites for hydroxylation is 3. The Bertz CT molecular complexity index is 1440. The molecule has 1 atom stereocenters. The molecule has 5 heterocycles. The number of hydrogen-bond acceptors (Lipinski definition) is 8. The van der Waals surface area contributed by atoms with E-state index in [4.69, 9.17) is 10.1 Å². The van der Waals surface area contributed by atoms with Crippen molar-refractivity contribution in [2.24, 2.45) is 7.05 Å². The van der Waals surface area contributed by atoms with Crippen LogP contribution in [0.5, 0.6) is 0 Å². The first-order valence-electron chi connectivity index (χ1n) is 12.9.